The molecule has 0 amide bonds. The van der Waals surface area contributed by atoms with Crippen molar-refractivity contribution in [2.45, 2.75) is 13.5 Å². The molecule has 0 N–H and O–H groups in total. The maximum Gasteiger partial charge on any atom is 0.383 e. The highest BCUT2D eigenvalue weighted by Crippen LogP contribution is 2.17. The van der Waals surface area contributed by atoms with Crippen molar-refractivity contribution in [2.75, 3.05) is 0 Å². The highest BCUT2D eigenvalue weighted by Gasteiger charge is 2.17. The number of hydrogen-bond donors (Lipinski definition) is 0. The molecule has 0 saturated heterocycles. The van der Waals surface area contributed by atoms with E-state index in [1.54, 1.807) is 13.0 Å². The Balaban J connectivity index is 2.22. The predicted octanol–water partition coefficient (Wildman–Crippen LogP) is 0.923. The van der Waals surface area contributed by atoms with Crippen LogP contribution in [0.15, 0.2) is 18.2 Å². The minimum atomic E-state index is -0.776. The van der Waals surface area contributed by atoms with E-state index < -0.39 is 11.8 Å². The Morgan fingerprint density at radius 3 is 3.05 bits per heavy atom. The zero-order valence-electron chi connectivity index (χ0n) is 9.87. The summed E-state index contributed by atoms with van der Waals surface area (Å²) in [6, 6.07) is 5.08. The first kappa shape index (κ1) is 12.6. The third-order valence-electron chi connectivity index (χ3n) is 2.28. The summed E-state index contributed by atoms with van der Waals surface area (Å²) < 4.78 is 19.3. The van der Waals surface area contributed by atoms with Gasteiger partial charge in [-0.05, 0) is 29.5 Å². The quantitative estimate of drug-likeness (QED) is 0.602. The van der Waals surface area contributed by atoms with Gasteiger partial charge >= 0.3 is 5.97 Å². The third-order valence-corrected chi connectivity index (χ3v) is 2.28. The van der Waals surface area contributed by atoms with Gasteiger partial charge in [-0.25, -0.2) is 13.9 Å². The molecule has 96 valence electrons. The van der Waals surface area contributed by atoms with Crippen molar-refractivity contribution in [3.8, 4) is 11.8 Å². The molecule has 0 aliphatic heterocycles. The van der Waals surface area contributed by atoms with Crippen LogP contribution < -0.4 is 4.74 Å². The lowest BCUT2D eigenvalue weighted by Crippen LogP contribution is -2.16. The van der Waals surface area contributed by atoms with Gasteiger partial charge in [0, 0.05) is 12.6 Å². The lowest BCUT2D eigenvalue weighted by molar-refractivity contribution is 0.0715. The lowest BCUT2D eigenvalue weighted by atomic mass is 10.2. The van der Waals surface area contributed by atoms with Gasteiger partial charge in [-0.1, -0.05) is 0 Å². The number of aromatic nitrogens is 4. The summed E-state index contributed by atoms with van der Waals surface area (Å²) in [6.45, 7) is 2.17. The summed E-state index contributed by atoms with van der Waals surface area (Å²) >= 11 is 0. The average molecular weight is 261 g/mol. The normalized spacial score (nSPS) is 9.95. The van der Waals surface area contributed by atoms with Gasteiger partial charge < -0.3 is 4.74 Å². The number of esters is 1. The van der Waals surface area contributed by atoms with E-state index >= 15 is 0 Å². The smallest absolute Gasteiger partial charge is 0.383 e. The minimum Gasteiger partial charge on any atom is -0.421 e. The van der Waals surface area contributed by atoms with E-state index in [-0.39, 0.29) is 17.1 Å². The molecular formula is C11H8FN5O2. The van der Waals surface area contributed by atoms with Crippen molar-refractivity contribution in [3.63, 3.8) is 0 Å². The number of carbonyl (C=O) groups is 1. The van der Waals surface area contributed by atoms with E-state index in [2.05, 4.69) is 15.5 Å². The standard InChI is InChI=1S/C11H8FN5O2/c1-2-17-10(14-15-16-17)11(18)19-8-3-4-9(12)7(5-8)6-13/h3-5H,2H2,1H3. The number of nitrogens with zero attached hydrogens (tertiary/aromatic N) is 5. The predicted molar refractivity (Wildman–Crippen MR) is 59.6 cm³/mol. The van der Waals surface area contributed by atoms with E-state index in [0.717, 1.165) is 12.1 Å². The summed E-state index contributed by atoms with van der Waals surface area (Å²) in [4.78, 5) is 11.8. The Hall–Kier alpha value is -2.82. The van der Waals surface area contributed by atoms with Gasteiger partial charge in [0.2, 0.25) is 0 Å². The van der Waals surface area contributed by atoms with E-state index in [1.807, 2.05) is 0 Å². The summed E-state index contributed by atoms with van der Waals surface area (Å²) in [5.41, 5.74) is -0.208. The zero-order chi connectivity index (χ0) is 13.8. The molecule has 0 aliphatic carbocycles. The molecule has 0 spiro atoms. The van der Waals surface area contributed by atoms with Gasteiger partial charge in [0.15, 0.2) is 0 Å². The first-order chi connectivity index (χ1) is 9.15. The minimum absolute atomic E-state index is 0.0496. The van der Waals surface area contributed by atoms with Crippen LogP contribution in [-0.4, -0.2) is 26.2 Å². The van der Waals surface area contributed by atoms with Crippen LogP contribution in [0.4, 0.5) is 4.39 Å². The number of nitriles is 1. The van der Waals surface area contributed by atoms with Gasteiger partial charge in [-0.3, -0.25) is 0 Å². The highest BCUT2D eigenvalue weighted by atomic mass is 19.1. The SMILES string of the molecule is CCn1nnnc1C(=O)Oc1ccc(F)c(C#N)c1. The molecular weight excluding hydrogens is 253 g/mol. The molecule has 0 saturated carbocycles. The van der Waals surface area contributed by atoms with Gasteiger partial charge in [0.05, 0.1) is 5.56 Å². The number of halogens is 1. The molecule has 19 heavy (non-hydrogen) atoms. The molecule has 2 aromatic rings. The summed E-state index contributed by atoms with van der Waals surface area (Å²) in [5, 5.41) is 19.1. The van der Waals surface area contributed by atoms with Crippen molar-refractivity contribution in [3.05, 3.63) is 35.4 Å². The molecule has 0 aliphatic rings. The van der Waals surface area contributed by atoms with Crippen LogP contribution in [-0.2, 0) is 6.54 Å². The van der Waals surface area contributed by atoms with Gasteiger partial charge in [-0.15, -0.1) is 5.10 Å². The third kappa shape index (κ3) is 2.55. The van der Waals surface area contributed by atoms with E-state index in [9.17, 15) is 9.18 Å². The fourth-order valence-electron chi connectivity index (χ4n) is 1.37. The number of rotatable bonds is 3. The monoisotopic (exact) mass is 261 g/mol. The van der Waals surface area contributed by atoms with Gasteiger partial charge in [0.25, 0.3) is 5.82 Å². The summed E-state index contributed by atoms with van der Waals surface area (Å²) in [7, 11) is 0. The average Bonchev–Trinajstić information content (AvgIpc) is 2.89. The number of ether oxygens (including phenoxy) is 1. The molecule has 1 aromatic carbocycles. The fraction of sp³-hybridized carbons (Fsp3) is 0.182. The second-order valence-electron chi connectivity index (χ2n) is 3.46. The van der Waals surface area contributed by atoms with Crippen LogP contribution in [0.2, 0.25) is 0 Å². The highest BCUT2D eigenvalue weighted by molar-refractivity contribution is 5.87. The first-order valence-electron chi connectivity index (χ1n) is 5.33. The number of benzene rings is 1. The molecule has 0 atom stereocenters. The Kier molecular flexibility index (Phi) is 3.47. The van der Waals surface area contributed by atoms with E-state index in [0.29, 0.717) is 6.54 Å². The van der Waals surface area contributed by atoms with Crippen LogP contribution in [0.1, 0.15) is 23.1 Å². The van der Waals surface area contributed by atoms with Gasteiger partial charge in [0.1, 0.15) is 17.6 Å². The Labute approximate surface area is 107 Å². The van der Waals surface area contributed by atoms with Crippen molar-refractivity contribution >= 4 is 5.97 Å². The number of aryl methyl sites for hydroxylation is 1. The van der Waals surface area contributed by atoms with Crippen molar-refractivity contribution in [1.29, 1.82) is 5.26 Å². The van der Waals surface area contributed by atoms with Crippen molar-refractivity contribution < 1.29 is 13.9 Å². The largest absolute Gasteiger partial charge is 0.421 e. The van der Waals surface area contributed by atoms with Gasteiger partial charge in [-0.2, -0.15) is 5.26 Å². The van der Waals surface area contributed by atoms with Crippen LogP contribution in [0, 0.1) is 17.1 Å². The second kappa shape index (κ2) is 5.22. The van der Waals surface area contributed by atoms with E-state index in [1.165, 1.54) is 10.7 Å². The summed E-state index contributed by atoms with van der Waals surface area (Å²) in [6.07, 6.45) is 0. The number of hydrogen-bond acceptors (Lipinski definition) is 6. The van der Waals surface area contributed by atoms with Crippen LogP contribution in [0.3, 0.4) is 0 Å². The fourth-order valence-corrected chi connectivity index (χ4v) is 1.37. The molecule has 7 nitrogen and oxygen atoms in total. The second-order valence-corrected chi connectivity index (χ2v) is 3.46. The molecule has 0 radical (unpaired) electrons. The topological polar surface area (TPSA) is 93.7 Å². The first-order valence-corrected chi connectivity index (χ1v) is 5.33. The molecule has 1 aromatic heterocycles. The molecule has 1 heterocycles. The Bertz CT molecular complexity index is 661. The molecule has 0 unspecified atom stereocenters. The summed E-state index contributed by atoms with van der Waals surface area (Å²) in [5.74, 6) is -1.47. The maximum absolute atomic E-state index is 13.1. The van der Waals surface area contributed by atoms with Crippen molar-refractivity contribution in [2.24, 2.45) is 0 Å². The van der Waals surface area contributed by atoms with E-state index in [4.69, 9.17) is 10.00 Å². The van der Waals surface area contributed by atoms with Crippen LogP contribution in [0.25, 0.3) is 0 Å². The zero-order valence-corrected chi connectivity index (χ0v) is 9.87. The Morgan fingerprint density at radius 1 is 1.58 bits per heavy atom. The Morgan fingerprint density at radius 2 is 2.37 bits per heavy atom. The number of tetrazole rings is 1. The molecule has 2 rings (SSSR count). The molecule has 0 fully saturated rings. The maximum atomic E-state index is 13.1. The molecule has 0 bridgehead atoms. The number of carbonyl (C=O) groups excluding carboxylic acids is 1. The van der Waals surface area contributed by atoms with Crippen molar-refractivity contribution in [1.82, 2.24) is 20.2 Å². The molecule has 8 heteroatoms. The lowest BCUT2D eigenvalue weighted by Gasteiger charge is -2.04. The van der Waals surface area contributed by atoms with Crippen LogP contribution in [0.5, 0.6) is 5.75 Å². The van der Waals surface area contributed by atoms with Crippen LogP contribution >= 0.6 is 0 Å².